The second-order valence-corrected chi connectivity index (χ2v) is 6.74. The van der Waals surface area contributed by atoms with Crippen molar-refractivity contribution in [2.45, 2.75) is 19.4 Å². The fourth-order valence-corrected chi connectivity index (χ4v) is 3.47. The number of nitrogens with zero attached hydrogens (tertiary/aromatic N) is 1. The lowest BCUT2D eigenvalue weighted by Crippen LogP contribution is -2.05. The van der Waals surface area contributed by atoms with Crippen molar-refractivity contribution in [2.75, 3.05) is 7.11 Å². The van der Waals surface area contributed by atoms with Crippen LogP contribution >= 0.6 is 23.2 Å². The minimum Gasteiger partial charge on any atom is -0.496 e. The van der Waals surface area contributed by atoms with E-state index in [1.807, 2.05) is 19.1 Å². The fourth-order valence-electron chi connectivity index (χ4n) is 2.90. The molecule has 0 bridgehead atoms. The van der Waals surface area contributed by atoms with Gasteiger partial charge in [0.1, 0.15) is 29.2 Å². The third-order valence-corrected chi connectivity index (χ3v) is 4.73. The lowest BCUT2D eigenvalue weighted by atomic mass is 10.00. The van der Waals surface area contributed by atoms with Gasteiger partial charge in [0.2, 0.25) is 5.78 Å². The maximum atomic E-state index is 12.8. The molecule has 0 fully saturated rings. The Balaban J connectivity index is 2.07. The molecule has 1 aliphatic heterocycles. The molecule has 0 spiro atoms. The lowest BCUT2D eigenvalue weighted by molar-refractivity contribution is 0.104. The van der Waals surface area contributed by atoms with E-state index in [0.29, 0.717) is 11.3 Å². The standard InChI is InChI=1S/C20H15Cl2NO3/c1-11-6-12-8-17(25-2)13(9-18(12)26-11)7-14(10-23)20(24)19-15(21)4-3-5-16(19)22/h3-5,7-9,11H,6H2,1-2H3/b14-7+. The number of carbonyl (C=O) groups excluding carboxylic acids is 1. The minimum atomic E-state index is -0.542. The van der Waals surface area contributed by atoms with E-state index in [1.165, 1.54) is 13.2 Å². The first-order valence-electron chi connectivity index (χ1n) is 7.92. The molecule has 2 aromatic rings. The number of methoxy groups -OCH3 is 1. The summed E-state index contributed by atoms with van der Waals surface area (Å²) in [5, 5.41) is 9.89. The molecule has 1 aliphatic rings. The van der Waals surface area contributed by atoms with Gasteiger partial charge in [-0.25, -0.2) is 0 Å². The number of hydrogen-bond donors (Lipinski definition) is 0. The first kappa shape index (κ1) is 18.3. The number of ketones is 1. The van der Waals surface area contributed by atoms with E-state index in [2.05, 4.69) is 0 Å². The van der Waals surface area contributed by atoms with Gasteiger partial charge in [-0.05, 0) is 37.3 Å². The van der Waals surface area contributed by atoms with Crippen LogP contribution in [-0.2, 0) is 6.42 Å². The normalized spacial score (nSPS) is 15.8. The maximum Gasteiger partial charge on any atom is 0.206 e. The molecule has 1 heterocycles. The Morgan fingerprint density at radius 2 is 2.04 bits per heavy atom. The zero-order valence-electron chi connectivity index (χ0n) is 14.2. The van der Waals surface area contributed by atoms with Crippen LogP contribution in [0.1, 0.15) is 28.4 Å². The zero-order chi connectivity index (χ0) is 18.8. The summed E-state index contributed by atoms with van der Waals surface area (Å²) in [6.45, 7) is 1.98. The van der Waals surface area contributed by atoms with E-state index >= 15 is 0 Å². The molecule has 1 atom stereocenters. The summed E-state index contributed by atoms with van der Waals surface area (Å²) in [5.74, 6) is 0.747. The summed E-state index contributed by atoms with van der Waals surface area (Å²) < 4.78 is 11.2. The monoisotopic (exact) mass is 387 g/mol. The number of carbonyl (C=O) groups is 1. The van der Waals surface area contributed by atoms with Crippen LogP contribution in [0, 0.1) is 11.3 Å². The Morgan fingerprint density at radius 3 is 2.65 bits per heavy atom. The molecule has 0 amide bonds. The van der Waals surface area contributed by atoms with Gasteiger partial charge in [0.15, 0.2) is 0 Å². The second-order valence-electron chi connectivity index (χ2n) is 5.93. The number of Topliss-reactive ketones (excluding diaryl/α,β-unsaturated/α-hetero) is 1. The Morgan fingerprint density at radius 1 is 1.35 bits per heavy atom. The molecule has 26 heavy (non-hydrogen) atoms. The summed E-state index contributed by atoms with van der Waals surface area (Å²) in [5.41, 5.74) is 1.62. The second kappa shape index (κ2) is 7.41. The first-order chi connectivity index (χ1) is 12.4. The molecule has 0 saturated heterocycles. The highest BCUT2D eigenvalue weighted by molar-refractivity contribution is 6.41. The van der Waals surface area contributed by atoms with Gasteiger partial charge >= 0.3 is 0 Å². The largest absolute Gasteiger partial charge is 0.496 e. The molecule has 0 saturated carbocycles. The van der Waals surface area contributed by atoms with E-state index in [1.54, 1.807) is 24.3 Å². The van der Waals surface area contributed by atoms with E-state index < -0.39 is 5.78 Å². The van der Waals surface area contributed by atoms with Gasteiger partial charge < -0.3 is 9.47 Å². The van der Waals surface area contributed by atoms with Crippen LogP contribution in [0.2, 0.25) is 10.0 Å². The molecule has 6 heteroatoms. The number of ether oxygens (including phenoxy) is 2. The number of benzene rings is 2. The van der Waals surface area contributed by atoms with Crippen LogP contribution in [0.4, 0.5) is 0 Å². The summed E-state index contributed by atoms with van der Waals surface area (Å²) in [7, 11) is 1.54. The number of nitriles is 1. The van der Waals surface area contributed by atoms with Crippen LogP contribution in [0.15, 0.2) is 35.9 Å². The smallest absolute Gasteiger partial charge is 0.206 e. The molecule has 4 nitrogen and oxygen atoms in total. The number of fused-ring (bicyclic) bond motifs is 1. The quantitative estimate of drug-likeness (QED) is 0.415. The zero-order valence-corrected chi connectivity index (χ0v) is 15.7. The molecular weight excluding hydrogens is 373 g/mol. The Bertz CT molecular complexity index is 940. The summed E-state index contributed by atoms with van der Waals surface area (Å²) in [6.07, 6.45) is 2.33. The predicted octanol–water partition coefficient (Wildman–Crippen LogP) is 5.12. The first-order valence-corrected chi connectivity index (χ1v) is 8.68. The van der Waals surface area contributed by atoms with Crippen molar-refractivity contribution >= 4 is 35.1 Å². The third-order valence-electron chi connectivity index (χ3n) is 4.10. The third kappa shape index (κ3) is 3.41. The SMILES string of the molecule is COc1cc2c(cc1/C=C(\C#N)C(=O)c1c(Cl)cccc1Cl)OC(C)C2. The fraction of sp³-hybridized carbons (Fsp3) is 0.200. The maximum absolute atomic E-state index is 12.8. The van der Waals surface area contributed by atoms with Gasteiger partial charge in [-0.15, -0.1) is 0 Å². The van der Waals surface area contributed by atoms with Crippen molar-refractivity contribution in [2.24, 2.45) is 0 Å². The van der Waals surface area contributed by atoms with Gasteiger partial charge in [0.05, 0.1) is 22.7 Å². The lowest BCUT2D eigenvalue weighted by Gasteiger charge is -2.09. The minimum absolute atomic E-state index is 0.0768. The molecule has 1 unspecified atom stereocenters. The number of halogens is 2. The topological polar surface area (TPSA) is 59.3 Å². The van der Waals surface area contributed by atoms with Crippen LogP contribution < -0.4 is 9.47 Å². The van der Waals surface area contributed by atoms with E-state index in [-0.39, 0.29) is 27.3 Å². The summed E-state index contributed by atoms with van der Waals surface area (Å²) >= 11 is 12.2. The number of allylic oxidation sites excluding steroid dienone is 1. The van der Waals surface area contributed by atoms with Crippen molar-refractivity contribution < 1.29 is 14.3 Å². The van der Waals surface area contributed by atoms with Gasteiger partial charge in [-0.1, -0.05) is 29.3 Å². The molecular formula is C20H15Cl2NO3. The van der Waals surface area contributed by atoms with Crippen molar-refractivity contribution in [1.82, 2.24) is 0 Å². The highest BCUT2D eigenvalue weighted by atomic mass is 35.5. The molecule has 0 aliphatic carbocycles. The average Bonchev–Trinajstić information content (AvgIpc) is 2.97. The van der Waals surface area contributed by atoms with Gasteiger partial charge in [0, 0.05) is 17.5 Å². The van der Waals surface area contributed by atoms with E-state index in [9.17, 15) is 10.1 Å². The van der Waals surface area contributed by atoms with Crippen molar-refractivity contribution in [3.8, 4) is 17.6 Å². The molecule has 0 N–H and O–H groups in total. The Kier molecular flexibility index (Phi) is 5.22. The summed E-state index contributed by atoms with van der Waals surface area (Å²) in [4.78, 5) is 12.8. The molecule has 3 rings (SSSR count). The van der Waals surface area contributed by atoms with Crippen molar-refractivity contribution in [3.63, 3.8) is 0 Å². The van der Waals surface area contributed by atoms with E-state index in [0.717, 1.165) is 17.7 Å². The Hall–Kier alpha value is -2.48. The highest BCUT2D eigenvalue weighted by Crippen LogP contribution is 2.36. The van der Waals surface area contributed by atoms with Gasteiger partial charge in [-0.3, -0.25) is 4.79 Å². The molecule has 2 aromatic carbocycles. The van der Waals surface area contributed by atoms with Gasteiger partial charge in [0.25, 0.3) is 0 Å². The molecule has 0 radical (unpaired) electrons. The molecule has 132 valence electrons. The highest BCUT2D eigenvalue weighted by Gasteiger charge is 2.23. The van der Waals surface area contributed by atoms with Gasteiger partial charge in [-0.2, -0.15) is 5.26 Å². The van der Waals surface area contributed by atoms with Crippen LogP contribution in [0.25, 0.3) is 6.08 Å². The van der Waals surface area contributed by atoms with Crippen LogP contribution in [0.3, 0.4) is 0 Å². The van der Waals surface area contributed by atoms with Crippen LogP contribution in [-0.4, -0.2) is 19.0 Å². The molecule has 0 aromatic heterocycles. The van der Waals surface area contributed by atoms with E-state index in [4.69, 9.17) is 32.7 Å². The summed E-state index contributed by atoms with van der Waals surface area (Å²) in [6, 6.07) is 10.3. The average molecular weight is 388 g/mol. The van der Waals surface area contributed by atoms with Crippen molar-refractivity contribution in [3.05, 3.63) is 62.6 Å². The van der Waals surface area contributed by atoms with Crippen LogP contribution in [0.5, 0.6) is 11.5 Å². The van der Waals surface area contributed by atoms with Crippen molar-refractivity contribution in [1.29, 1.82) is 5.26 Å². The predicted molar refractivity (Wildman–Crippen MR) is 101 cm³/mol. The number of rotatable bonds is 4. The number of hydrogen-bond acceptors (Lipinski definition) is 4. The Labute approximate surface area is 161 Å².